The summed E-state index contributed by atoms with van der Waals surface area (Å²) in [5.41, 5.74) is -0.809. The standard InChI is InChI=1S/C14H14O4/c15-12(16)11-8-4-5-9-14(11,13(17)18)10-6-2-1-3-7-10/h1-7,11H,8-9H2,(H,15,16)(H,17,18). The minimum atomic E-state index is -1.36. The fourth-order valence-corrected chi connectivity index (χ4v) is 2.57. The predicted octanol–water partition coefficient (Wildman–Crippen LogP) is 2.06. The van der Waals surface area contributed by atoms with Crippen LogP contribution in [-0.4, -0.2) is 22.2 Å². The molecule has 1 aromatic rings. The van der Waals surface area contributed by atoms with Crippen molar-refractivity contribution in [2.24, 2.45) is 5.92 Å². The lowest BCUT2D eigenvalue weighted by atomic mass is 9.64. The average molecular weight is 246 g/mol. The van der Waals surface area contributed by atoms with Crippen molar-refractivity contribution in [2.75, 3.05) is 0 Å². The maximum atomic E-state index is 11.7. The molecular weight excluding hydrogens is 232 g/mol. The topological polar surface area (TPSA) is 74.6 Å². The molecule has 2 rings (SSSR count). The Morgan fingerprint density at radius 3 is 2.33 bits per heavy atom. The number of aliphatic carboxylic acids is 2. The minimum absolute atomic E-state index is 0.212. The highest BCUT2D eigenvalue weighted by Gasteiger charge is 2.50. The van der Waals surface area contributed by atoms with E-state index in [0.717, 1.165) is 0 Å². The number of carboxylic acid groups (broad SMARTS) is 2. The quantitative estimate of drug-likeness (QED) is 0.800. The van der Waals surface area contributed by atoms with Gasteiger partial charge in [-0.1, -0.05) is 42.5 Å². The summed E-state index contributed by atoms with van der Waals surface area (Å²) in [4.78, 5) is 23.0. The lowest BCUT2D eigenvalue weighted by molar-refractivity contribution is -0.156. The molecule has 0 aliphatic heterocycles. The Hall–Kier alpha value is -2.10. The maximum absolute atomic E-state index is 11.7. The van der Waals surface area contributed by atoms with Crippen LogP contribution in [0.4, 0.5) is 0 Å². The van der Waals surface area contributed by atoms with Crippen LogP contribution in [0.3, 0.4) is 0 Å². The predicted molar refractivity (Wildman–Crippen MR) is 65.3 cm³/mol. The van der Waals surface area contributed by atoms with Crippen LogP contribution in [0.15, 0.2) is 42.5 Å². The highest BCUT2D eigenvalue weighted by atomic mass is 16.4. The van der Waals surface area contributed by atoms with Gasteiger partial charge in [0.05, 0.1) is 5.92 Å². The molecule has 1 aromatic carbocycles. The van der Waals surface area contributed by atoms with Crippen molar-refractivity contribution >= 4 is 11.9 Å². The van der Waals surface area contributed by atoms with Gasteiger partial charge in [0.1, 0.15) is 5.41 Å². The first-order valence-corrected chi connectivity index (χ1v) is 5.76. The zero-order chi connectivity index (χ0) is 13.2. The monoisotopic (exact) mass is 246 g/mol. The first-order valence-electron chi connectivity index (χ1n) is 5.76. The Morgan fingerprint density at radius 1 is 1.11 bits per heavy atom. The molecule has 2 unspecified atom stereocenters. The first-order chi connectivity index (χ1) is 8.59. The summed E-state index contributed by atoms with van der Waals surface area (Å²) in [6, 6.07) is 8.62. The van der Waals surface area contributed by atoms with Gasteiger partial charge < -0.3 is 10.2 Å². The number of hydrogen-bond donors (Lipinski definition) is 2. The van der Waals surface area contributed by atoms with Crippen molar-refractivity contribution in [3.05, 3.63) is 48.0 Å². The number of allylic oxidation sites excluding steroid dienone is 2. The van der Waals surface area contributed by atoms with E-state index in [1.807, 2.05) is 0 Å². The molecule has 4 heteroatoms. The van der Waals surface area contributed by atoms with Crippen molar-refractivity contribution in [1.29, 1.82) is 0 Å². The number of rotatable bonds is 3. The van der Waals surface area contributed by atoms with Crippen molar-refractivity contribution in [2.45, 2.75) is 18.3 Å². The van der Waals surface area contributed by atoms with Gasteiger partial charge in [0.25, 0.3) is 0 Å². The Morgan fingerprint density at radius 2 is 1.78 bits per heavy atom. The molecule has 2 atom stereocenters. The summed E-state index contributed by atoms with van der Waals surface area (Å²) in [6.07, 6.45) is 3.95. The Kier molecular flexibility index (Phi) is 3.19. The van der Waals surface area contributed by atoms with Gasteiger partial charge in [-0.3, -0.25) is 9.59 Å². The third-order valence-corrected chi connectivity index (χ3v) is 3.54. The molecule has 0 bridgehead atoms. The number of benzene rings is 1. The van der Waals surface area contributed by atoms with Crippen LogP contribution in [0, 0.1) is 5.92 Å². The van der Waals surface area contributed by atoms with Crippen LogP contribution in [-0.2, 0) is 15.0 Å². The van der Waals surface area contributed by atoms with Crippen LogP contribution in [0.25, 0.3) is 0 Å². The number of carboxylic acids is 2. The van der Waals surface area contributed by atoms with E-state index in [4.69, 9.17) is 0 Å². The molecule has 0 amide bonds. The third kappa shape index (κ3) is 1.79. The van der Waals surface area contributed by atoms with Crippen molar-refractivity contribution in [1.82, 2.24) is 0 Å². The largest absolute Gasteiger partial charge is 0.481 e. The van der Waals surface area contributed by atoms with Crippen LogP contribution in [0.5, 0.6) is 0 Å². The molecule has 0 radical (unpaired) electrons. The third-order valence-electron chi connectivity index (χ3n) is 3.54. The molecule has 94 valence electrons. The summed E-state index contributed by atoms with van der Waals surface area (Å²) in [5.74, 6) is -3.07. The van der Waals surface area contributed by atoms with Crippen LogP contribution >= 0.6 is 0 Å². The summed E-state index contributed by atoms with van der Waals surface area (Å²) in [5, 5.41) is 18.9. The molecule has 2 N–H and O–H groups in total. The molecule has 0 spiro atoms. The molecule has 0 aromatic heterocycles. The molecule has 0 saturated carbocycles. The lowest BCUT2D eigenvalue weighted by Gasteiger charge is -2.36. The Balaban J connectivity index is 2.59. The van der Waals surface area contributed by atoms with Gasteiger partial charge >= 0.3 is 11.9 Å². The first kappa shape index (κ1) is 12.4. The molecule has 0 saturated heterocycles. The summed E-state index contributed by atoms with van der Waals surface area (Å²) < 4.78 is 0. The fourth-order valence-electron chi connectivity index (χ4n) is 2.57. The minimum Gasteiger partial charge on any atom is -0.481 e. The average Bonchev–Trinajstić information content (AvgIpc) is 2.39. The number of carbonyl (C=O) groups is 2. The van der Waals surface area contributed by atoms with E-state index in [-0.39, 0.29) is 12.8 Å². The highest BCUT2D eigenvalue weighted by Crippen LogP contribution is 2.41. The van der Waals surface area contributed by atoms with Gasteiger partial charge in [-0.25, -0.2) is 0 Å². The van der Waals surface area contributed by atoms with E-state index in [0.29, 0.717) is 5.56 Å². The Labute approximate surface area is 105 Å². The van der Waals surface area contributed by atoms with Gasteiger partial charge in [0, 0.05) is 0 Å². The molecule has 0 fully saturated rings. The van der Waals surface area contributed by atoms with E-state index in [1.54, 1.807) is 42.5 Å². The maximum Gasteiger partial charge on any atom is 0.315 e. The van der Waals surface area contributed by atoms with Gasteiger partial charge in [-0.15, -0.1) is 0 Å². The normalized spacial score (nSPS) is 26.8. The van der Waals surface area contributed by atoms with Gasteiger partial charge in [-0.05, 0) is 18.4 Å². The van der Waals surface area contributed by atoms with E-state index >= 15 is 0 Å². The van der Waals surface area contributed by atoms with Crippen molar-refractivity contribution in [3.63, 3.8) is 0 Å². The van der Waals surface area contributed by atoms with Gasteiger partial charge in [-0.2, -0.15) is 0 Å². The fraction of sp³-hybridized carbons (Fsp3) is 0.286. The van der Waals surface area contributed by atoms with Crippen LogP contribution < -0.4 is 0 Å². The van der Waals surface area contributed by atoms with Crippen molar-refractivity contribution in [3.8, 4) is 0 Å². The molecular formula is C14H14O4. The molecule has 1 aliphatic rings. The molecule has 1 aliphatic carbocycles. The second-order valence-corrected chi connectivity index (χ2v) is 4.44. The SMILES string of the molecule is O=C(O)C1CC=CCC1(C(=O)O)c1ccccc1. The number of hydrogen-bond acceptors (Lipinski definition) is 2. The second-order valence-electron chi connectivity index (χ2n) is 4.44. The van der Waals surface area contributed by atoms with E-state index < -0.39 is 23.3 Å². The summed E-state index contributed by atoms with van der Waals surface area (Å²) in [6.45, 7) is 0. The highest BCUT2D eigenvalue weighted by molar-refractivity contribution is 5.89. The lowest BCUT2D eigenvalue weighted by Crippen LogP contribution is -2.47. The van der Waals surface area contributed by atoms with Crippen LogP contribution in [0.2, 0.25) is 0 Å². The van der Waals surface area contributed by atoms with Gasteiger partial charge in [0.15, 0.2) is 0 Å². The second kappa shape index (κ2) is 4.64. The van der Waals surface area contributed by atoms with Crippen molar-refractivity contribution < 1.29 is 19.8 Å². The zero-order valence-corrected chi connectivity index (χ0v) is 9.74. The summed E-state index contributed by atoms with van der Waals surface area (Å²) >= 11 is 0. The smallest absolute Gasteiger partial charge is 0.315 e. The van der Waals surface area contributed by atoms with E-state index in [1.165, 1.54) is 0 Å². The molecule has 4 nitrogen and oxygen atoms in total. The Bertz CT molecular complexity index is 492. The van der Waals surface area contributed by atoms with Gasteiger partial charge in [0.2, 0.25) is 0 Å². The molecule has 18 heavy (non-hydrogen) atoms. The van der Waals surface area contributed by atoms with E-state index in [9.17, 15) is 19.8 Å². The van der Waals surface area contributed by atoms with Crippen LogP contribution in [0.1, 0.15) is 18.4 Å². The summed E-state index contributed by atoms with van der Waals surface area (Å²) in [7, 11) is 0. The van der Waals surface area contributed by atoms with E-state index in [2.05, 4.69) is 0 Å². The zero-order valence-electron chi connectivity index (χ0n) is 9.74. The molecule has 0 heterocycles.